The second-order valence-corrected chi connectivity index (χ2v) is 6.96. The quantitative estimate of drug-likeness (QED) is 0.930. The Morgan fingerprint density at radius 2 is 1.95 bits per heavy atom. The van der Waals surface area contributed by atoms with E-state index >= 15 is 0 Å². The number of aromatic amines is 1. The molecule has 2 fully saturated rings. The van der Waals surface area contributed by atoms with Crippen LogP contribution in [-0.4, -0.2) is 41.2 Å². The maximum Gasteiger partial charge on any atom is 0.124 e. The average molecular weight is 289 g/mol. The van der Waals surface area contributed by atoms with Crippen molar-refractivity contribution in [2.75, 3.05) is 26.3 Å². The number of hydrogen-bond acceptors (Lipinski definition) is 3. The molecular weight excluding hydrogens is 262 g/mol. The van der Waals surface area contributed by atoms with Crippen LogP contribution < -0.4 is 0 Å². The molecule has 1 atom stereocenters. The standard InChI is InChI=1S/C17H27N3O/c1-2-5-15-14(4-1)18-17(19-15)16-6-3-9-20(16)12-13-7-10-21-11-8-13/h13,16H,1-12H2,(H,18,19). The van der Waals surface area contributed by atoms with Gasteiger partial charge in [0.1, 0.15) is 5.82 Å². The van der Waals surface area contributed by atoms with Crippen molar-refractivity contribution < 1.29 is 4.74 Å². The van der Waals surface area contributed by atoms with E-state index in [0.717, 1.165) is 19.1 Å². The second-order valence-electron chi connectivity index (χ2n) is 6.96. The van der Waals surface area contributed by atoms with Gasteiger partial charge in [-0.2, -0.15) is 0 Å². The predicted molar refractivity (Wildman–Crippen MR) is 82.3 cm³/mol. The number of aryl methyl sites for hydroxylation is 2. The second kappa shape index (κ2) is 6.09. The van der Waals surface area contributed by atoms with Crippen molar-refractivity contribution in [3.05, 3.63) is 17.2 Å². The van der Waals surface area contributed by atoms with E-state index in [4.69, 9.17) is 9.72 Å². The molecule has 1 aliphatic carbocycles. The van der Waals surface area contributed by atoms with Gasteiger partial charge in [0.2, 0.25) is 0 Å². The molecule has 2 aliphatic heterocycles. The Bertz CT molecular complexity index is 455. The molecule has 4 nitrogen and oxygen atoms in total. The zero-order valence-corrected chi connectivity index (χ0v) is 12.9. The third-order valence-corrected chi connectivity index (χ3v) is 5.49. The first-order valence-corrected chi connectivity index (χ1v) is 8.79. The summed E-state index contributed by atoms with van der Waals surface area (Å²) in [6.45, 7) is 4.39. The molecule has 116 valence electrons. The Hall–Kier alpha value is -0.870. The number of hydrogen-bond donors (Lipinski definition) is 1. The number of imidazole rings is 1. The Labute approximate surface area is 127 Å². The van der Waals surface area contributed by atoms with Gasteiger partial charge in [0, 0.05) is 25.5 Å². The van der Waals surface area contributed by atoms with Gasteiger partial charge in [0.15, 0.2) is 0 Å². The average Bonchev–Trinajstić information content (AvgIpc) is 3.14. The van der Waals surface area contributed by atoms with Crippen molar-refractivity contribution in [2.24, 2.45) is 5.92 Å². The molecule has 2 saturated heterocycles. The van der Waals surface area contributed by atoms with Crippen LogP contribution in [0.25, 0.3) is 0 Å². The number of rotatable bonds is 3. The van der Waals surface area contributed by atoms with Crippen LogP contribution in [0.3, 0.4) is 0 Å². The molecule has 1 N–H and O–H groups in total. The van der Waals surface area contributed by atoms with Crippen molar-refractivity contribution >= 4 is 0 Å². The molecule has 0 radical (unpaired) electrons. The lowest BCUT2D eigenvalue weighted by molar-refractivity contribution is 0.0502. The van der Waals surface area contributed by atoms with Gasteiger partial charge in [-0.3, -0.25) is 4.90 Å². The zero-order valence-electron chi connectivity index (χ0n) is 12.9. The summed E-state index contributed by atoms with van der Waals surface area (Å²) in [5.74, 6) is 2.08. The van der Waals surface area contributed by atoms with Crippen LogP contribution in [0.4, 0.5) is 0 Å². The van der Waals surface area contributed by atoms with Crippen molar-refractivity contribution in [2.45, 2.75) is 57.4 Å². The van der Waals surface area contributed by atoms with E-state index in [2.05, 4.69) is 9.88 Å². The summed E-state index contributed by atoms with van der Waals surface area (Å²) in [6.07, 6.45) is 10.1. The minimum absolute atomic E-state index is 0.540. The van der Waals surface area contributed by atoms with Crippen molar-refractivity contribution in [1.82, 2.24) is 14.9 Å². The molecule has 4 rings (SSSR count). The van der Waals surface area contributed by atoms with Crippen LogP contribution in [0.15, 0.2) is 0 Å². The molecule has 1 aromatic heterocycles. The first kappa shape index (κ1) is 13.8. The normalized spacial score (nSPS) is 27.9. The highest BCUT2D eigenvalue weighted by Crippen LogP contribution is 2.33. The van der Waals surface area contributed by atoms with E-state index in [0.29, 0.717) is 6.04 Å². The van der Waals surface area contributed by atoms with Crippen LogP contribution in [-0.2, 0) is 17.6 Å². The molecule has 1 unspecified atom stereocenters. The fourth-order valence-electron chi connectivity index (χ4n) is 4.25. The highest BCUT2D eigenvalue weighted by Gasteiger charge is 2.31. The highest BCUT2D eigenvalue weighted by molar-refractivity contribution is 5.19. The van der Waals surface area contributed by atoms with Crippen molar-refractivity contribution in [3.8, 4) is 0 Å². The van der Waals surface area contributed by atoms with Gasteiger partial charge in [-0.15, -0.1) is 0 Å². The Morgan fingerprint density at radius 1 is 1.10 bits per heavy atom. The predicted octanol–water partition coefficient (Wildman–Crippen LogP) is 2.85. The van der Waals surface area contributed by atoms with Crippen molar-refractivity contribution in [3.63, 3.8) is 0 Å². The number of ether oxygens (including phenoxy) is 1. The minimum atomic E-state index is 0.540. The van der Waals surface area contributed by atoms with E-state index in [9.17, 15) is 0 Å². The van der Waals surface area contributed by atoms with Gasteiger partial charge in [0.05, 0.1) is 11.7 Å². The molecule has 0 amide bonds. The van der Waals surface area contributed by atoms with Crippen LogP contribution in [0.5, 0.6) is 0 Å². The van der Waals surface area contributed by atoms with E-state index in [1.807, 2.05) is 0 Å². The first-order valence-electron chi connectivity index (χ1n) is 8.79. The lowest BCUT2D eigenvalue weighted by atomic mass is 9.99. The lowest BCUT2D eigenvalue weighted by Gasteiger charge is -2.30. The zero-order chi connectivity index (χ0) is 14.1. The van der Waals surface area contributed by atoms with E-state index in [1.54, 1.807) is 0 Å². The number of H-pyrrole nitrogens is 1. The molecule has 0 bridgehead atoms. The van der Waals surface area contributed by atoms with E-state index < -0.39 is 0 Å². The minimum Gasteiger partial charge on any atom is -0.381 e. The fraction of sp³-hybridized carbons (Fsp3) is 0.824. The summed E-state index contributed by atoms with van der Waals surface area (Å²) in [7, 11) is 0. The van der Waals surface area contributed by atoms with Crippen LogP contribution >= 0.6 is 0 Å². The third-order valence-electron chi connectivity index (χ3n) is 5.49. The van der Waals surface area contributed by atoms with Gasteiger partial charge >= 0.3 is 0 Å². The molecule has 1 aromatic rings. The highest BCUT2D eigenvalue weighted by atomic mass is 16.5. The van der Waals surface area contributed by atoms with Gasteiger partial charge in [0.25, 0.3) is 0 Å². The largest absolute Gasteiger partial charge is 0.381 e. The first-order chi connectivity index (χ1) is 10.4. The van der Waals surface area contributed by atoms with Gasteiger partial charge in [-0.1, -0.05) is 0 Å². The number of fused-ring (bicyclic) bond motifs is 1. The van der Waals surface area contributed by atoms with Gasteiger partial charge < -0.3 is 9.72 Å². The Morgan fingerprint density at radius 3 is 2.81 bits per heavy atom. The summed E-state index contributed by atoms with van der Waals surface area (Å²) >= 11 is 0. The number of nitrogens with zero attached hydrogens (tertiary/aromatic N) is 2. The molecule has 3 heterocycles. The van der Waals surface area contributed by atoms with E-state index in [-0.39, 0.29) is 0 Å². The van der Waals surface area contributed by atoms with Crippen LogP contribution in [0.2, 0.25) is 0 Å². The van der Waals surface area contributed by atoms with Crippen molar-refractivity contribution in [1.29, 1.82) is 0 Å². The maximum atomic E-state index is 5.49. The topological polar surface area (TPSA) is 41.2 Å². The SMILES string of the molecule is C1CCc2[nH]c(C3CCCN3CC3CCOCC3)nc2C1. The summed E-state index contributed by atoms with van der Waals surface area (Å²) in [5, 5.41) is 0. The molecule has 21 heavy (non-hydrogen) atoms. The lowest BCUT2D eigenvalue weighted by Crippen LogP contribution is -2.32. The van der Waals surface area contributed by atoms with E-state index in [1.165, 1.54) is 81.7 Å². The third kappa shape index (κ3) is 2.88. The number of nitrogens with one attached hydrogen (secondary N) is 1. The fourth-order valence-corrected chi connectivity index (χ4v) is 4.25. The van der Waals surface area contributed by atoms with Gasteiger partial charge in [-0.25, -0.2) is 4.98 Å². The Balaban J connectivity index is 1.46. The monoisotopic (exact) mass is 289 g/mol. The number of aromatic nitrogens is 2. The van der Waals surface area contributed by atoms with Crippen LogP contribution in [0, 0.1) is 5.92 Å². The Kier molecular flexibility index (Phi) is 3.99. The molecule has 0 aromatic carbocycles. The molecule has 0 saturated carbocycles. The molecule has 3 aliphatic rings. The smallest absolute Gasteiger partial charge is 0.124 e. The summed E-state index contributed by atoms with van der Waals surface area (Å²) in [6, 6.07) is 0.540. The molecule has 4 heteroatoms. The maximum absolute atomic E-state index is 5.49. The summed E-state index contributed by atoms with van der Waals surface area (Å²) in [4.78, 5) is 11.3. The molecule has 0 spiro atoms. The summed E-state index contributed by atoms with van der Waals surface area (Å²) < 4.78 is 5.49. The van der Waals surface area contributed by atoms with Gasteiger partial charge in [-0.05, 0) is 63.8 Å². The molecular formula is C17H27N3O. The summed E-state index contributed by atoms with van der Waals surface area (Å²) in [5.41, 5.74) is 2.78. The number of likely N-dealkylation sites (tertiary alicyclic amines) is 1. The van der Waals surface area contributed by atoms with Crippen LogP contribution in [0.1, 0.15) is 61.8 Å².